The van der Waals surface area contributed by atoms with Crippen molar-refractivity contribution in [2.75, 3.05) is 6.61 Å². The number of rotatable bonds is 3. The Morgan fingerprint density at radius 2 is 2.17 bits per heavy atom. The molecule has 1 rings (SSSR count). The Kier molecular flexibility index (Phi) is 2.57. The maximum atomic E-state index is 11.1. The Bertz CT molecular complexity index is 176. The summed E-state index contributed by atoms with van der Waals surface area (Å²) in [5, 5.41) is 14.3. The van der Waals surface area contributed by atoms with E-state index in [0.717, 1.165) is 12.8 Å². The lowest BCUT2D eigenvalue weighted by atomic mass is 10.1. The quantitative estimate of drug-likeness (QED) is 0.570. The lowest BCUT2D eigenvalue weighted by Crippen LogP contribution is -2.50. The van der Waals surface area contributed by atoms with Crippen LogP contribution >= 0.6 is 0 Å². The van der Waals surface area contributed by atoms with Crippen LogP contribution in [0, 0.1) is 0 Å². The second-order valence-electron chi connectivity index (χ2n) is 3.91. The van der Waals surface area contributed by atoms with Crippen LogP contribution in [0.2, 0.25) is 0 Å². The first-order valence-electron chi connectivity index (χ1n) is 4.23. The molecule has 4 heteroatoms. The summed E-state index contributed by atoms with van der Waals surface area (Å²) in [6, 6.07) is 0.177. The van der Waals surface area contributed by atoms with E-state index >= 15 is 0 Å². The first-order valence-corrected chi connectivity index (χ1v) is 4.23. The average Bonchev–Trinajstić information content (AvgIpc) is 2.70. The van der Waals surface area contributed by atoms with E-state index in [0.29, 0.717) is 6.04 Å². The smallest absolute Gasteiger partial charge is 0.315 e. The van der Waals surface area contributed by atoms with Crippen LogP contribution in [0.25, 0.3) is 0 Å². The fraction of sp³-hybridized carbons (Fsp3) is 0.875. The summed E-state index contributed by atoms with van der Waals surface area (Å²) < 4.78 is 0. The predicted molar refractivity (Wildman–Crippen MR) is 45.9 cm³/mol. The molecule has 1 saturated carbocycles. The molecule has 1 fully saturated rings. The normalized spacial score (nSPS) is 17.2. The number of nitrogens with one attached hydrogen (secondary N) is 2. The third-order valence-electron chi connectivity index (χ3n) is 1.76. The Morgan fingerprint density at radius 1 is 1.58 bits per heavy atom. The van der Waals surface area contributed by atoms with Crippen LogP contribution in [-0.4, -0.2) is 29.3 Å². The summed E-state index contributed by atoms with van der Waals surface area (Å²) in [6.45, 7) is 3.50. The third kappa shape index (κ3) is 3.09. The van der Waals surface area contributed by atoms with E-state index < -0.39 is 5.54 Å². The number of amides is 2. The number of aliphatic hydroxyl groups excluding tert-OH is 1. The largest absolute Gasteiger partial charge is 0.394 e. The van der Waals surface area contributed by atoms with Crippen molar-refractivity contribution in [2.45, 2.75) is 38.3 Å². The van der Waals surface area contributed by atoms with Crippen molar-refractivity contribution >= 4 is 6.03 Å². The summed E-state index contributed by atoms with van der Waals surface area (Å²) in [7, 11) is 0. The molecule has 0 aromatic carbocycles. The SMILES string of the molecule is CC(C)(CO)NC(=O)NC1CC1. The van der Waals surface area contributed by atoms with Gasteiger partial charge in [0.05, 0.1) is 12.1 Å². The summed E-state index contributed by atoms with van der Waals surface area (Å²) in [4.78, 5) is 11.1. The van der Waals surface area contributed by atoms with Gasteiger partial charge in [-0.05, 0) is 26.7 Å². The Labute approximate surface area is 72.3 Å². The molecule has 70 valence electrons. The molecule has 1 aliphatic carbocycles. The summed E-state index contributed by atoms with van der Waals surface area (Å²) in [6.07, 6.45) is 2.15. The molecule has 0 unspecified atom stereocenters. The van der Waals surface area contributed by atoms with E-state index in [-0.39, 0.29) is 12.6 Å². The molecule has 12 heavy (non-hydrogen) atoms. The number of hydrogen-bond acceptors (Lipinski definition) is 2. The molecule has 0 bridgehead atoms. The lowest BCUT2D eigenvalue weighted by Gasteiger charge is -2.23. The van der Waals surface area contributed by atoms with Crippen molar-refractivity contribution in [1.29, 1.82) is 0 Å². The lowest BCUT2D eigenvalue weighted by molar-refractivity contribution is 0.182. The van der Waals surface area contributed by atoms with Gasteiger partial charge in [-0.1, -0.05) is 0 Å². The monoisotopic (exact) mass is 172 g/mol. The van der Waals surface area contributed by atoms with E-state index in [2.05, 4.69) is 10.6 Å². The van der Waals surface area contributed by atoms with Crippen molar-refractivity contribution in [3.05, 3.63) is 0 Å². The molecule has 4 nitrogen and oxygen atoms in total. The van der Waals surface area contributed by atoms with Crippen LogP contribution in [-0.2, 0) is 0 Å². The van der Waals surface area contributed by atoms with Crippen LogP contribution < -0.4 is 10.6 Å². The van der Waals surface area contributed by atoms with Crippen molar-refractivity contribution in [1.82, 2.24) is 10.6 Å². The highest BCUT2D eigenvalue weighted by Gasteiger charge is 2.26. The molecular formula is C8H16N2O2. The van der Waals surface area contributed by atoms with Crippen LogP contribution in [0.3, 0.4) is 0 Å². The number of urea groups is 1. The molecule has 1 aliphatic rings. The second-order valence-corrected chi connectivity index (χ2v) is 3.91. The van der Waals surface area contributed by atoms with Crippen molar-refractivity contribution < 1.29 is 9.90 Å². The fourth-order valence-electron chi connectivity index (χ4n) is 0.796. The minimum absolute atomic E-state index is 0.0505. The maximum Gasteiger partial charge on any atom is 0.315 e. The van der Waals surface area contributed by atoms with Crippen molar-refractivity contribution in [3.63, 3.8) is 0 Å². The predicted octanol–water partition coefficient (Wildman–Crippen LogP) is 0.219. The van der Waals surface area contributed by atoms with Gasteiger partial charge >= 0.3 is 6.03 Å². The number of aliphatic hydroxyl groups is 1. The van der Waals surface area contributed by atoms with Gasteiger partial charge in [-0.25, -0.2) is 4.79 Å². The molecule has 2 amide bonds. The minimum atomic E-state index is -0.529. The number of carbonyl (C=O) groups excluding carboxylic acids is 1. The molecule has 0 saturated heterocycles. The van der Waals surface area contributed by atoms with E-state index in [1.807, 2.05) is 0 Å². The van der Waals surface area contributed by atoms with Gasteiger partial charge in [0.1, 0.15) is 0 Å². The first kappa shape index (κ1) is 9.32. The zero-order chi connectivity index (χ0) is 9.19. The van der Waals surface area contributed by atoms with Gasteiger partial charge in [0.25, 0.3) is 0 Å². The molecule has 0 heterocycles. The van der Waals surface area contributed by atoms with Gasteiger partial charge in [-0.3, -0.25) is 0 Å². The number of carbonyl (C=O) groups is 1. The third-order valence-corrected chi connectivity index (χ3v) is 1.76. The standard InChI is InChI=1S/C8H16N2O2/c1-8(2,5-11)10-7(12)9-6-3-4-6/h6,11H,3-5H2,1-2H3,(H2,9,10,12). The molecule has 0 aromatic rings. The highest BCUT2D eigenvalue weighted by Crippen LogP contribution is 2.18. The van der Waals surface area contributed by atoms with Gasteiger partial charge in [-0.15, -0.1) is 0 Å². The number of hydrogen-bond donors (Lipinski definition) is 3. The Balaban J connectivity index is 2.23. The Hall–Kier alpha value is -0.770. The summed E-state index contributed by atoms with van der Waals surface area (Å²) >= 11 is 0. The Morgan fingerprint density at radius 3 is 2.58 bits per heavy atom. The molecule has 0 spiro atoms. The van der Waals surface area contributed by atoms with Crippen molar-refractivity contribution in [2.24, 2.45) is 0 Å². The zero-order valence-corrected chi connectivity index (χ0v) is 7.55. The highest BCUT2D eigenvalue weighted by molar-refractivity contribution is 5.75. The molecule has 0 aromatic heterocycles. The van der Waals surface area contributed by atoms with Crippen LogP contribution in [0.15, 0.2) is 0 Å². The van der Waals surface area contributed by atoms with Gasteiger partial charge in [0.15, 0.2) is 0 Å². The van der Waals surface area contributed by atoms with Crippen molar-refractivity contribution in [3.8, 4) is 0 Å². The van der Waals surface area contributed by atoms with Gasteiger partial charge in [0.2, 0.25) is 0 Å². The average molecular weight is 172 g/mol. The molecule has 0 aliphatic heterocycles. The minimum Gasteiger partial charge on any atom is -0.394 e. The van der Waals surface area contributed by atoms with Crippen LogP contribution in [0.4, 0.5) is 4.79 Å². The van der Waals surface area contributed by atoms with Gasteiger partial charge < -0.3 is 15.7 Å². The van der Waals surface area contributed by atoms with E-state index in [1.54, 1.807) is 13.8 Å². The van der Waals surface area contributed by atoms with Gasteiger partial charge in [0, 0.05) is 6.04 Å². The molecule has 0 atom stereocenters. The van der Waals surface area contributed by atoms with E-state index in [1.165, 1.54) is 0 Å². The summed E-state index contributed by atoms with van der Waals surface area (Å²) in [5.41, 5.74) is -0.529. The topological polar surface area (TPSA) is 61.4 Å². The van der Waals surface area contributed by atoms with Crippen LogP contribution in [0.1, 0.15) is 26.7 Å². The van der Waals surface area contributed by atoms with E-state index in [9.17, 15) is 4.79 Å². The van der Waals surface area contributed by atoms with Gasteiger partial charge in [-0.2, -0.15) is 0 Å². The zero-order valence-electron chi connectivity index (χ0n) is 7.55. The maximum absolute atomic E-state index is 11.1. The highest BCUT2D eigenvalue weighted by atomic mass is 16.3. The van der Waals surface area contributed by atoms with E-state index in [4.69, 9.17) is 5.11 Å². The summed E-state index contributed by atoms with van der Waals surface area (Å²) in [5.74, 6) is 0. The van der Waals surface area contributed by atoms with Crippen LogP contribution in [0.5, 0.6) is 0 Å². The fourth-order valence-corrected chi connectivity index (χ4v) is 0.796. The molecule has 0 radical (unpaired) electrons. The second kappa shape index (κ2) is 3.31. The molecule has 3 N–H and O–H groups in total. The first-order chi connectivity index (χ1) is 5.53. The molecular weight excluding hydrogens is 156 g/mol.